The van der Waals surface area contributed by atoms with Gasteiger partial charge < -0.3 is 5.11 Å². The van der Waals surface area contributed by atoms with Crippen molar-refractivity contribution in [2.45, 2.75) is 20.3 Å². The van der Waals surface area contributed by atoms with Crippen molar-refractivity contribution >= 4 is 5.97 Å². The second-order valence-corrected chi connectivity index (χ2v) is 3.75. The van der Waals surface area contributed by atoms with Crippen molar-refractivity contribution in [2.75, 3.05) is 0 Å². The van der Waals surface area contributed by atoms with E-state index in [0.29, 0.717) is 11.1 Å². The number of rotatable bonds is 3. The maximum atomic E-state index is 13.5. The van der Waals surface area contributed by atoms with Crippen molar-refractivity contribution in [3.63, 3.8) is 0 Å². The summed E-state index contributed by atoms with van der Waals surface area (Å²) in [6.45, 7) is 4.00. The molecule has 0 aliphatic heterocycles. The van der Waals surface area contributed by atoms with Gasteiger partial charge in [-0.05, 0) is 17.2 Å². The third kappa shape index (κ3) is 4.21. The van der Waals surface area contributed by atoms with E-state index in [-0.39, 0.29) is 12.2 Å². The summed E-state index contributed by atoms with van der Waals surface area (Å²) in [6, 6.07) is 13.4. The molecule has 0 amide bonds. The molecular formula is C16H17FO2. The molecule has 0 saturated heterocycles. The number of carboxylic acids is 1. The van der Waals surface area contributed by atoms with E-state index < -0.39 is 5.97 Å². The summed E-state index contributed by atoms with van der Waals surface area (Å²) in [6.07, 6.45) is -0.0163. The van der Waals surface area contributed by atoms with Crippen LogP contribution in [0.15, 0.2) is 48.5 Å². The van der Waals surface area contributed by atoms with Crippen molar-refractivity contribution in [2.24, 2.45) is 0 Å². The van der Waals surface area contributed by atoms with E-state index in [1.807, 2.05) is 13.8 Å². The first kappa shape index (κ1) is 14.9. The van der Waals surface area contributed by atoms with Gasteiger partial charge in [-0.2, -0.15) is 0 Å². The Hall–Kier alpha value is -2.16. The molecule has 0 radical (unpaired) electrons. The molecule has 2 rings (SSSR count). The highest BCUT2D eigenvalue weighted by Crippen LogP contribution is 2.22. The zero-order valence-electron chi connectivity index (χ0n) is 11.1. The number of aliphatic carboxylic acids is 1. The van der Waals surface area contributed by atoms with Crippen LogP contribution in [0.2, 0.25) is 0 Å². The van der Waals surface area contributed by atoms with E-state index in [9.17, 15) is 9.18 Å². The van der Waals surface area contributed by atoms with Crippen molar-refractivity contribution in [3.8, 4) is 11.1 Å². The molecule has 0 heterocycles. The number of hydrogen-bond donors (Lipinski definition) is 1. The maximum absolute atomic E-state index is 13.5. The van der Waals surface area contributed by atoms with Crippen molar-refractivity contribution < 1.29 is 14.3 Å². The third-order valence-electron chi connectivity index (χ3n) is 2.49. The summed E-state index contributed by atoms with van der Waals surface area (Å²) in [4.78, 5) is 10.5. The first-order valence-corrected chi connectivity index (χ1v) is 6.22. The molecule has 0 aliphatic carbocycles. The molecule has 0 unspecified atom stereocenters. The van der Waals surface area contributed by atoms with Gasteiger partial charge in [-0.25, -0.2) is 4.39 Å². The van der Waals surface area contributed by atoms with Crippen LogP contribution in [0.5, 0.6) is 0 Å². The molecule has 2 nitrogen and oxygen atoms in total. The van der Waals surface area contributed by atoms with Crippen LogP contribution in [0.25, 0.3) is 11.1 Å². The van der Waals surface area contributed by atoms with E-state index in [4.69, 9.17) is 5.11 Å². The lowest BCUT2D eigenvalue weighted by Gasteiger charge is -2.04. The third-order valence-corrected chi connectivity index (χ3v) is 2.49. The SMILES string of the molecule is CC.O=C(O)Cc1ccc(-c2ccccc2F)cc1. The van der Waals surface area contributed by atoms with E-state index in [0.717, 1.165) is 5.56 Å². The summed E-state index contributed by atoms with van der Waals surface area (Å²) in [5.74, 6) is -1.15. The fraction of sp³-hybridized carbons (Fsp3) is 0.188. The highest BCUT2D eigenvalue weighted by Gasteiger charge is 2.04. The smallest absolute Gasteiger partial charge is 0.307 e. The first-order chi connectivity index (χ1) is 9.16. The normalized spacial score (nSPS) is 9.42. The van der Waals surface area contributed by atoms with Crippen LogP contribution in [0.1, 0.15) is 19.4 Å². The van der Waals surface area contributed by atoms with Gasteiger partial charge in [0.2, 0.25) is 0 Å². The van der Waals surface area contributed by atoms with E-state index in [1.165, 1.54) is 6.07 Å². The molecule has 0 atom stereocenters. The Bertz CT molecular complexity index is 533. The van der Waals surface area contributed by atoms with Crippen LogP contribution in [0.4, 0.5) is 4.39 Å². The van der Waals surface area contributed by atoms with Gasteiger partial charge >= 0.3 is 5.97 Å². The lowest BCUT2D eigenvalue weighted by Crippen LogP contribution is -1.99. The number of benzene rings is 2. The molecule has 0 aliphatic rings. The zero-order chi connectivity index (χ0) is 14.3. The van der Waals surface area contributed by atoms with Crippen LogP contribution in [0, 0.1) is 5.82 Å². The van der Waals surface area contributed by atoms with Gasteiger partial charge in [-0.15, -0.1) is 0 Å². The quantitative estimate of drug-likeness (QED) is 0.900. The lowest BCUT2D eigenvalue weighted by atomic mass is 10.0. The Morgan fingerprint density at radius 3 is 2.16 bits per heavy atom. The Morgan fingerprint density at radius 1 is 1.05 bits per heavy atom. The molecule has 100 valence electrons. The lowest BCUT2D eigenvalue weighted by molar-refractivity contribution is -0.136. The standard InChI is InChI=1S/C14H11FO2.C2H6/c15-13-4-2-1-3-12(13)11-7-5-10(6-8-11)9-14(16)17;1-2/h1-8H,9H2,(H,16,17);1-2H3. The summed E-state index contributed by atoms with van der Waals surface area (Å²) in [5, 5.41) is 8.64. The first-order valence-electron chi connectivity index (χ1n) is 6.22. The summed E-state index contributed by atoms with van der Waals surface area (Å²) >= 11 is 0. The predicted molar refractivity (Wildman–Crippen MR) is 74.5 cm³/mol. The Balaban J connectivity index is 0.000000861. The van der Waals surface area contributed by atoms with Crippen LogP contribution >= 0.6 is 0 Å². The molecule has 1 N–H and O–H groups in total. The molecule has 0 bridgehead atoms. The van der Waals surface area contributed by atoms with Crippen molar-refractivity contribution in [1.82, 2.24) is 0 Å². The van der Waals surface area contributed by atoms with Gasteiger partial charge in [0.1, 0.15) is 5.82 Å². The summed E-state index contributed by atoms with van der Waals surface area (Å²) in [7, 11) is 0. The predicted octanol–water partition coefficient (Wildman–Crippen LogP) is 4.15. The molecule has 0 fully saturated rings. The Kier molecular flexibility index (Phi) is 5.73. The molecule has 0 spiro atoms. The van der Waals surface area contributed by atoms with Crippen LogP contribution in [-0.4, -0.2) is 11.1 Å². The minimum Gasteiger partial charge on any atom is -0.481 e. The Labute approximate surface area is 112 Å². The van der Waals surface area contributed by atoms with Crippen molar-refractivity contribution in [3.05, 3.63) is 59.9 Å². The largest absolute Gasteiger partial charge is 0.481 e. The van der Waals surface area contributed by atoms with Crippen molar-refractivity contribution in [1.29, 1.82) is 0 Å². The molecule has 0 aromatic heterocycles. The average molecular weight is 260 g/mol. The van der Waals surface area contributed by atoms with Gasteiger partial charge in [-0.1, -0.05) is 56.3 Å². The van der Waals surface area contributed by atoms with Gasteiger partial charge in [0.25, 0.3) is 0 Å². The average Bonchev–Trinajstić information content (AvgIpc) is 2.42. The molecule has 3 heteroatoms. The summed E-state index contributed by atoms with van der Waals surface area (Å²) < 4.78 is 13.5. The fourth-order valence-corrected chi connectivity index (χ4v) is 1.67. The van der Waals surface area contributed by atoms with Crippen LogP contribution < -0.4 is 0 Å². The highest BCUT2D eigenvalue weighted by atomic mass is 19.1. The number of hydrogen-bond acceptors (Lipinski definition) is 1. The van der Waals surface area contributed by atoms with Gasteiger partial charge in [-0.3, -0.25) is 4.79 Å². The van der Waals surface area contributed by atoms with Crippen LogP contribution in [0.3, 0.4) is 0 Å². The van der Waals surface area contributed by atoms with E-state index in [2.05, 4.69) is 0 Å². The van der Waals surface area contributed by atoms with E-state index in [1.54, 1.807) is 42.5 Å². The topological polar surface area (TPSA) is 37.3 Å². The molecule has 19 heavy (non-hydrogen) atoms. The van der Waals surface area contributed by atoms with Gasteiger partial charge in [0.05, 0.1) is 6.42 Å². The highest BCUT2D eigenvalue weighted by molar-refractivity contribution is 5.71. The number of halogens is 1. The molecule has 2 aromatic carbocycles. The maximum Gasteiger partial charge on any atom is 0.307 e. The minimum atomic E-state index is -0.872. The minimum absolute atomic E-state index is 0.0163. The molecular weight excluding hydrogens is 243 g/mol. The zero-order valence-corrected chi connectivity index (χ0v) is 11.1. The second-order valence-electron chi connectivity index (χ2n) is 3.75. The van der Waals surface area contributed by atoms with Gasteiger partial charge in [0, 0.05) is 5.56 Å². The number of carbonyl (C=O) groups is 1. The monoisotopic (exact) mass is 260 g/mol. The molecule has 0 saturated carbocycles. The second kappa shape index (κ2) is 7.31. The Morgan fingerprint density at radius 2 is 1.63 bits per heavy atom. The van der Waals surface area contributed by atoms with Gasteiger partial charge in [0.15, 0.2) is 0 Å². The van der Waals surface area contributed by atoms with Crippen LogP contribution in [-0.2, 0) is 11.2 Å². The number of carboxylic acid groups (broad SMARTS) is 1. The summed E-state index contributed by atoms with van der Waals surface area (Å²) in [5.41, 5.74) is 1.98. The van der Waals surface area contributed by atoms with E-state index >= 15 is 0 Å². The fourth-order valence-electron chi connectivity index (χ4n) is 1.67. The molecule has 2 aromatic rings.